The van der Waals surface area contributed by atoms with Crippen LogP contribution in [0.3, 0.4) is 0 Å². The monoisotopic (exact) mass is 257 g/mol. The second-order valence-corrected chi connectivity index (χ2v) is 4.56. The summed E-state index contributed by atoms with van der Waals surface area (Å²) in [6.07, 6.45) is 3.77. The number of nitrogens with two attached hydrogens (primary N) is 1. The zero-order valence-corrected chi connectivity index (χ0v) is 10.7. The van der Waals surface area contributed by atoms with Gasteiger partial charge in [-0.1, -0.05) is 35.9 Å². The van der Waals surface area contributed by atoms with Crippen molar-refractivity contribution in [3.05, 3.63) is 47.2 Å². The Morgan fingerprint density at radius 3 is 2.67 bits per heavy atom. The normalized spacial score (nSPS) is 11.9. The molecule has 0 radical (unpaired) electrons. The van der Waals surface area contributed by atoms with E-state index in [1.165, 1.54) is 0 Å². The van der Waals surface area contributed by atoms with Gasteiger partial charge in [-0.15, -0.1) is 0 Å². The summed E-state index contributed by atoms with van der Waals surface area (Å²) in [4.78, 5) is 0. The van der Waals surface area contributed by atoms with Gasteiger partial charge in [0.25, 0.3) is 0 Å². The van der Waals surface area contributed by atoms with Gasteiger partial charge in [0.05, 0.1) is 5.69 Å². The molecule has 0 atom stereocenters. The molecule has 2 N–H and O–H groups in total. The van der Waals surface area contributed by atoms with Crippen molar-refractivity contribution in [2.45, 2.75) is 6.92 Å². The Hall–Kier alpha value is -1.93. The third-order valence-corrected chi connectivity index (χ3v) is 3.37. The van der Waals surface area contributed by atoms with E-state index in [2.05, 4.69) is 0 Å². The Bertz CT molecular complexity index is 771. The molecule has 1 heterocycles. The lowest BCUT2D eigenvalue weighted by atomic mass is 10.1. The van der Waals surface area contributed by atoms with Crippen molar-refractivity contribution in [2.24, 2.45) is 0 Å². The molecule has 0 saturated heterocycles. The first kappa shape index (κ1) is 11.2. The van der Waals surface area contributed by atoms with Crippen LogP contribution in [0.2, 0.25) is 5.02 Å². The van der Waals surface area contributed by atoms with Gasteiger partial charge in [-0.05, 0) is 25.1 Å². The van der Waals surface area contributed by atoms with E-state index in [1.807, 2.05) is 49.4 Å². The molecular weight excluding hydrogens is 246 g/mol. The maximum atomic E-state index is 6.18. The maximum Gasteiger partial charge on any atom is 0.150 e. The number of halogens is 1. The highest BCUT2D eigenvalue weighted by Gasteiger charge is 2.12. The van der Waals surface area contributed by atoms with Crippen LogP contribution in [-0.4, -0.2) is 0 Å². The molecule has 0 aliphatic rings. The van der Waals surface area contributed by atoms with Crippen LogP contribution >= 0.6 is 11.6 Å². The zero-order chi connectivity index (χ0) is 12.7. The minimum absolute atomic E-state index is 0.671. The summed E-state index contributed by atoms with van der Waals surface area (Å²) in [5, 5.41) is 3.62. The van der Waals surface area contributed by atoms with E-state index < -0.39 is 0 Å². The van der Waals surface area contributed by atoms with E-state index in [4.69, 9.17) is 21.8 Å². The average Bonchev–Trinajstić information content (AvgIpc) is 2.68. The van der Waals surface area contributed by atoms with Crippen molar-refractivity contribution in [3.8, 4) is 0 Å². The number of hydrogen-bond acceptors (Lipinski definition) is 2. The summed E-state index contributed by atoms with van der Waals surface area (Å²) in [5.41, 5.74) is 7.54. The molecule has 2 aromatic carbocycles. The first-order valence-electron chi connectivity index (χ1n) is 5.74. The van der Waals surface area contributed by atoms with Gasteiger partial charge in [-0.2, -0.15) is 0 Å². The Kier molecular flexibility index (Phi) is 2.53. The molecule has 0 amide bonds. The highest BCUT2D eigenvalue weighted by Crippen LogP contribution is 2.36. The first-order chi connectivity index (χ1) is 8.72. The molecule has 3 aromatic rings. The van der Waals surface area contributed by atoms with Crippen molar-refractivity contribution in [1.82, 2.24) is 0 Å². The van der Waals surface area contributed by atoms with Crippen LogP contribution in [0, 0.1) is 0 Å². The number of benzene rings is 2. The van der Waals surface area contributed by atoms with E-state index in [-0.39, 0.29) is 0 Å². The molecule has 0 bridgehead atoms. The molecule has 3 rings (SSSR count). The van der Waals surface area contributed by atoms with E-state index >= 15 is 0 Å². The van der Waals surface area contributed by atoms with Crippen molar-refractivity contribution in [1.29, 1.82) is 0 Å². The molecule has 0 aliphatic heterocycles. The van der Waals surface area contributed by atoms with Gasteiger partial charge < -0.3 is 10.2 Å². The minimum Gasteiger partial charge on any atom is -0.454 e. The van der Waals surface area contributed by atoms with Crippen LogP contribution in [0.1, 0.15) is 12.7 Å². The summed E-state index contributed by atoms with van der Waals surface area (Å²) in [6.45, 7) is 1.93. The Morgan fingerprint density at radius 1 is 1.11 bits per heavy atom. The fourth-order valence-electron chi connectivity index (χ4n) is 2.19. The molecular formula is C15H12ClNO. The SMILES string of the molecule is C/C=C\c1oc2c(ccc3c(Cl)cccc32)c1N. The lowest BCUT2D eigenvalue weighted by Gasteiger charge is -2.00. The van der Waals surface area contributed by atoms with E-state index in [1.54, 1.807) is 0 Å². The molecule has 18 heavy (non-hydrogen) atoms. The standard InChI is InChI=1S/C15H12ClNO/c1-2-4-13-14(17)11-8-7-9-10(15(11)18-13)5-3-6-12(9)16/h2-8H,17H2,1H3/b4-2-. The Morgan fingerprint density at radius 2 is 1.89 bits per heavy atom. The molecule has 0 fully saturated rings. The number of furan rings is 1. The first-order valence-corrected chi connectivity index (χ1v) is 6.12. The van der Waals surface area contributed by atoms with Crippen LogP contribution in [0.4, 0.5) is 5.69 Å². The second-order valence-electron chi connectivity index (χ2n) is 4.16. The third-order valence-electron chi connectivity index (χ3n) is 3.04. The molecule has 0 aliphatic carbocycles. The largest absolute Gasteiger partial charge is 0.454 e. The highest BCUT2D eigenvalue weighted by molar-refractivity contribution is 6.36. The lowest BCUT2D eigenvalue weighted by Crippen LogP contribution is -1.84. The number of nitrogen functional groups attached to an aromatic ring is 1. The molecule has 0 saturated carbocycles. The lowest BCUT2D eigenvalue weighted by molar-refractivity contribution is 0.609. The van der Waals surface area contributed by atoms with E-state index in [9.17, 15) is 0 Å². The Balaban J connectivity index is 2.48. The van der Waals surface area contributed by atoms with Gasteiger partial charge in [0.1, 0.15) is 5.58 Å². The third kappa shape index (κ3) is 1.50. The predicted molar refractivity (Wildman–Crippen MR) is 77.9 cm³/mol. The van der Waals surface area contributed by atoms with Gasteiger partial charge in [0, 0.05) is 21.2 Å². The molecule has 90 valence electrons. The van der Waals surface area contributed by atoms with E-state index in [0.29, 0.717) is 11.4 Å². The zero-order valence-electron chi connectivity index (χ0n) is 9.91. The fraction of sp³-hybridized carbons (Fsp3) is 0.0667. The summed E-state index contributed by atoms with van der Waals surface area (Å²) in [6, 6.07) is 9.71. The number of hydrogen-bond donors (Lipinski definition) is 1. The van der Waals surface area contributed by atoms with Gasteiger partial charge in [-0.25, -0.2) is 0 Å². The second kappa shape index (κ2) is 4.07. The molecule has 0 spiro atoms. The van der Waals surface area contributed by atoms with Gasteiger partial charge in [0.15, 0.2) is 5.76 Å². The number of anilines is 1. The Labute approximate surface area is 110 Å². The molecule has 2 nitrogen and oxygen atoms in total. The summed E-state index contributed by atoms with van der Waals surface area (Å²) in [5.74, 6) is 0.694. The molecule has 3 heteroatoms. The van der Waals surface area contributed by atoms with Gasteiger partial charge in [0.2, 0.25) is 0 Å². The van der Waals surface area contributed by atoms with Crippen molar-refractivity contribution in [2.75, 3.05) is 5.73 Å². The molecule has 1 aromatic heterocycles. The topological polar surface area (TPSA) is 39.2 Å². The molecule has 0 unspecified atom stereocenters. The summed E-state index contributed by atoms with van der Waals surface area (Å²) in [7, 11) is 0. The average molecular weight is 258 g/mol. The number of allylic oxidation sites excluding steroid dienone is 1. The smallest absolute Gasteiger partial charge is 0.150 e. The maximum absolute atomic E-state index is 6.18. The van der Waals surface area contributed by atoms with Crippen molar-refractivity contribution < 1.29 is 4.42 Å². The van der Waals surface area contributed by atoms with Crippen LogP contribution < -0.4 is 5.73 Å². The fourth-order valence-corrected chi connectivity index (χ4v) is 2.42. The van der Waals surface area contributed by atoms with Crippen LogP contribution in [-0.2, 0) is 0 Å². The van der Waals surface area contributed by atoms with Gasteiger partial charge in [-0.3, -0.25) is 0 Å². The van der Waals surface area contributed by atoms with Crippen LogP contribution in [0.25, 0.3) is 27.8 Å². The number of fused-ring (bicyclic) bond motifs is 3. The number of rotatable bonds is 1. The summed E-state index contributed by atoms with van der Waals surface area (Å²) >= 11 is 6.18. The summed E-state index contributed by atoms with van der Waals surface area (Å²) < 4.78 is 5.84. The quantitative estimate of drug-likeness (QED) is 0.676. The van der Waals surface area contributed by atoms with Crippen molar-refractivity contribution in [3.63, 3.8) is 0 Å². The van der Waals surface area contributed by atoms with Crippen molar-refractivity contribution >= 4 is 45.1 Å². The van der Waals surface area contributed by atoms with E-state index in [0.717, 1.165) is 26.8 Å². The van der Waals surface area contributed by atoms with Crippen LogP contribution in [0.5, 0.6) is 0 Å². The van der Waals surface area contributed by atoms with Crippen LogP contribution in [0.15, 0.2) is 40.8 Å². The highest BCUT2D eigenvalue weighted by atomic mass is 35.5. The minimum atomic E-state index is 0.671. The predicted octanol–water partition coefficient (Wildman–Crippen LogP) is 4.85. The van der Waals surface area contributed by atoms with Gasteiger partial charge >= 0.3 is 0 Å².